The summed E-state index contributed by atoms with van der Waals surface area (Å²) >= 11 is 5.36. The zero-order chi connectivity index (χ0) is 12.8. The first-order valence-corrected chi connectivity index (χ1v) is 8.19. The van der Waals surface area contributed by atoms with E-state index in [1.165, 1.54) is 57.8 Å². The van der Waals surface area contributed by atoms with Gasteiger partial charge in [0, 0.05) is 12.6 Å². The van der Waals surface area contributed by atoms with Gasteiger partial charge in [0.1, 0.15) is 0 Å². The molecule has 0 spiro atoms. The van der Waals surface area contributed by atoms with Crippen molar-refractivity contribution in [3.8, 4) is 0 Å². The number of hydrogen-bond donors (Lipinski definition) is 2. The molecule has 0 aromatic carbocycles. The van der Waals surface area contributed by atoms with Crippen molar-refractivity contribution in [1.29, 1.82) is 0 Å². The van der Waals surface area contributed by atoms with Crippen LogP contribution in [0.4, 0.5) is 0 Å². The lowest BCUT2D eigenvalue weighted by molar-refractivity contribution is 0.270. The fourth-order valence-corrected chi connectivity index (χ4v) is 3.79. The van der Waals surface area contributed by atoms with Gasteiger partial charge >= 0.3 is 0 Å². The molecule has 0 bridgehead atoms. The lowest BCUT2D eigenvalue weighted by Crippen LogP contribution is -2.41. The standard InChI is InChI=1S/C15H28N2S/c1-12-5-4-6-13(11-12)9-10-16-15(18)17-14-7-2-3-8-14/h12-14H,2-11H2,1H3,(H2,16,17,18). The molecular formula is C15H28N2S. The van der Waals surface area contributed by atoms with Gasteiger partial charge in [-0.25, -0.2) is 0 Å². The van der Waals surface area contributed by atoms with Crippen molar-refractivity contribution in [2.75, 3.05) is 6.54 Å². The van der Waals surface area contributed by atoms with Gasteiger partial charge in [0.05, 0.1) is 0 Å². The van der Waals surface area contributed by atoms with E-state index in [9.17, 15) is 0 Å². The molecule has 2 saturated carbocycles. The Morgan fingerprint density at radius 1 is 1.11 bits per heavy atom. The second-order valence-corrected chi connectivity index (χ2v) is 6.72. The third-order valence-electron chi connectivity index (χ3n) is 4.57. The zero-order valence-corrected chi connectivity index (χ0v) is 12.5. The van der Waals surface area contributed by atoms with Crippen molar-refractivity contribution in [2.24, 2.45) is 11.8 Å². The smallest absolute Gasteiger partial charge is 0.166 e. The van der Waals surface area contributed by atoms with Gasteiger partial charge in [-0.05, 0) is 49.7 Å². The van der Waals surface area contributed by atoms with E-state index >= 15 is 0 Å². The summed E-state index contributed by atoms with van der Waals surface area (Å²) in [6.07, 6.45) is 12.3. The van der Waals surface area contributed by atoms with Gasteiger partial charge in [0.2, 0.25) is 0 Å². The van der Waals surface area contributed by atoms with Gasteiger partial charge in [-0.1, -0.05) is 39.0 Å². The maximum Gasteiger partial charge on any atom is 0.166 e. The molecule has 104 valence electrons. The Morgan fingerprint density at radius 2 is 1.89 bits per heavy atom. The predicted octanol–water partition coefficient (Wildman–Crippen LogP) is 3.61. The van der Waals surface area contributed by atoms with Crippen molar-refractivity contribution in [3.05, 3.63) is 0 Å². The van der Waals surface area contributed by atoms with Gasteiger partial charge in [-0.3, -0.25) is 0 Å². The number of thiocarbonyl (C=S) groups is 1. The summed E-state index contributed by atoms with van der Waals surface area (Å²) in [6.45, 7) is 3.45. The molecule has 0 aliphatic heterocycles. The molecule has 3 heteroatoms. The molecule has 2 rings (SSSR count). The third kappa shape index (κ3) is 4.75. The summed E-state index contributed by atoms with van der Waals surface area (Å²) in [6, 6.07) is 0.639. The van der Waals surface area contributed by atoms with Crippen LogP contribution in [0, 0.1) is 11.8 Å². The van der Waals surface area contributed by atoms with E-state index in [0.29, 0.717) is 6.04 Å². The van der Waals surface area contributed by atoms with Crippen molar-refractivity contribution in [3.63, 3.8) is 0 Å². The molecule has 2 atom stereocenters. The minimum absolute atomic E-state index is 0.639. The molecule has 2 unspecified atom stereocenters. The second kappa shape index (κ2) is 7.32. The van der Waals surface area contributed by atoms with Gasteiger partial charge in [0.25, 0.3) is 0 Å². The first-order valence-electron chi connectivity index (χ1n) is 7.78. The maximum atomic E-state index is 5.36. The summed E-state index contributed by atoms with van der Waals surface area (Å²) in [5, 5.41) is 7.72. The molecule has 0 heterocycles. The Balaban J connectivity index is 1.55. The van der Waals surface area contributed by atoms with Crippen LogP contribution in [0.5, 0.6) is 0 Å². The Hall–Kier alpha value is -0.310. The SMILES string of the molecule is CC1CCCC(CCNC(=S)NC2CCCC2)C1. The van der Waals surface area contributed by atoms with Crippen LogP contribution in [0.2, 0.25) is 0 Å². The van der Waals surface area contributed by atoms with E-state index in [2.05, 4.69) is 17.6 Å². The highest BCUT2D eigenvalue weighted by atomic mass is 32.1. The van der Waals surface area contributed by atoms with Crippen LogP contribution in [-0.2, 0) is 0 Å². The fourth-order valence-electron chi connectivity index (χ4n) is 3.52. The fraction of sp³-hybridized carbons (Fsp3) is 0.933. The van der Waals surface area contributed by atoms with E-state index in [1.54, 1.807) is 0 Å². The van der Waals surface area contributed by atoms with Crippen molar-refractivity contribution in [2.45, 2.75) is 70.8 Å². The normalized spacial score (nSPS) is 29.2. The molecule has 0 aromatic heterocycles. The first-order chi connectivity index (χ1) is 8.74. The van der Waals surface area contributed by atoms with Crippen LogP contribution in [-0.4, -0.2) is 17.7 Å². The average molecular weight is 268 g/mol. The summed E-state index contributed by atoms with van der Waals surface area (Å²) in [4.78, 5) is 0. The van der Waals surface area contributed by atoms with Gasteiger partial charge in [-0.2, -0.15) is 0 Å². The Morgan fingerprint density at radius 3 is 2.61 bits per heavy atom. The van der Waals surface area contributed by atoms with Crippen LogP contribution in [0.3, 0.4) is 0 Å². The number of rotatable bonds is 4. The molecule has 0 aromatic rings. The Bertz CT molecular complexity index is 261. The second-order valence-electron chi connectivity index (χ2n) is 6.31. The van der Waals surface area contributed by atoms with Crippen LogP contribution >= 0.6 is 12.2 Å². The van der Waals surface area contributed by atoms with Crippen molar-refractivity contribution < 1.29 is 0 Å². The van der Waals surface area contributed by atoms with Gasteiger partial charge in [0.15, 0.2) is 5.11 Å². The maximum absolute atomic E-state index is 5.36. The van der Waals surface area contributed by atoms with Crippen LogP contribution in [0.25, 0.3) is 0 Å². The van der Waals surface area contributed by atoms with Crippen molar-refractivity contribution in [1.82, 2.24) is 10.6 Å². The molecule has 2 N–H and O–H groups in total. The Kier molecular flexibility index (Phi) is 5.74. The van der Waals surface area contributed by atoms with Gasteiger partial charge in [-0.15, -0.1) is 0 Å². The predicted molar refractivity (Wildman–Crippen MR) is 81.7 cm³/mol. The van der Waals surface area contributed by atoms with Crippen LogP contribution in [0.1, 0.15) is 64.7 Å². The minimum Gasteiger partial charge on any atom is -0.363 e. The van der Waals surface area contributed by atoms with E-state index < -0.39 is 0 Å². The number of nitrogens with one attached hydrogen (secondary N) is 2. The summed E-state index contributed by atoms with van der Waals surface area (Å²) in [5.74, 6) is 1.86. The number of hydrogen-bond acceptors (Lipinski definition) is 1. The quantitative estimate of drug-likeness (QED) is 0.762. The van der Waals surface area contributed by atoms with Crippen LogP contribution in [0.15, 0.2) is 0 Å². The van der Waals surface area contributed by atoms with E-state index in [-0.39, 0.29) is 0 Å². The first kappa shape index (κ1) is 14.1. The molecule has 2 aliphatic rings. The van der Waals surface area contributed by atoms with E-state index in [4.69, 9.17) is 12.2 Å². The van der Waals surface area contributed by atoms with Gasteiger partial charge < -0.3 is 10.6 Å². The third-order valence-corrected chi connectivity index (χ3v) is 4.84. The molecule has 0 amide bonds. The Labute approximate surface area is 117 Å². The molecule has 2 nitrogen and oxygen atoms in total. The van der Waals surface area contributed by atoms with E-state index in [0.717, 1.165) is 23.5 Å². The molecule has 18 heavy (non-hydrogen) atoms. The van der Waals surface area contributed by atoms with Crippen molar-refractivity contribution >= 4 is 17.3 Å². The average Bonchev–Trinajstić information content (AvgIpc) is 2.82. The summed E-state index contributed by atoms with van der Waals surface area (Å²) in [7, 11) is 0. The lowest BCUT2D eigenvalue weighted by atomic mass is 9.81. The summed E-state index contributed by atoms with van der Waals surface area (Å²) in [5.41, 5.74) is 0. The monoisotopic (exact) mass is 268 g/mol. The van der Waals surface area contributed by atoms with Crippen LogP contribution < -0.4 is 10.6 Å². The molecule has 0 saturated heterocycles. The molecule has 2 fully saturated rings. The topological polar surface area (TPSA) is 24.1 Å². The highest BCUT2D eigenvalue weighted by Crippen LogP contribution is 2.30. The molecule has 0 radical (unpaired) electrons. The molecule has 2 aliphatic carbocycles. The van der Waals surface area contributed by atoms with E-state index in [1.807, 2.05) is 0 Å². The highest BCUT2D eigenvalue weighted by molar-refractivity contribution is 7.80. The largest absolute Gasteiger partial charge is 0.363 e. The minimum atomic E-state index is 0.639. The lowest BCUT2D eigenvalue weighted by Gasteiger charge is -2.27. The zero-order valence-electron chi connectivity index (χ0n) is 11.7. The summed E-state index contributed by atoms with van der Waals surface area (Å²) < 4.78 is 0. The highest BCUT2D eigenvalue weighted by Gasteiger charge is 2.19. The molecular weight excluding hydrogens is 240 g/mol.